The molecule has 292 valence electrons. The second-order valence-electron chi connectivity index (χ2n) is 16.7. The van der Waals surface area contributed by atoms with Crippen molar-refractivity contribution in [2.45, 2.75) is 233 Å². The van der Waals surface area contributed by atoms with Crippen LogP contribution in [0.1, 0.15) is 231 Å². The van der Waals surface area contributed by atoms with E-state index in [4.69, 9.17) is 4.74 Å². The number of unbranched alkanes of at least 4 members (excludes halogenated alkanes) is 24. The van der Waals surface area contributed by atoms with Gasteiger partial charge in [-0.3, -0.25) is 0 Å². The van der Waals surface area contributed by atoms with Crippen molar-refractivity contribution >= 4 is 0 Å². The highest BCUT2D eigenvalue weighted by Crippen LogP contribution is 2.31. The Hall–Kier alpha value is -1.76. The molecule has 0 aliphatic heterocycles. The zero-order valence-corrected chi connectivity index (χ0v) is 34.8. The Morgan fingerprint density at radius 3 is 0.941 bits per heavy atom. The fourth-order valence-corrected chi connectivity index (χ4v) is 7.85. The Bertz CT molecular complexity index is 944. The predicted octanol–water partition coefficient (Wildman–Crippen LogP) is 17.6. The van der Waals surface area contributed by atoms with Gasteiger partial charge in [0, 0.05) is 0 Å². The van der Waals surface area contributed by atoms with Gasteiger partial charge in [-0.05, 0) is 60.8 Å². The van der Waals surface area contributed by atoms with Crippen molar-refractivity contribution in [1.29, 1.82) is 0 Å². The van der Waals surface area contributed by atoms with E-state index in [0.29, 0.717) is 0 Å². The fraction of sp³-hybridized carbons (Fsp3) is 0.760. The second kappa shape index (κ2) is 32.9. The Balaban J connectivity index is 1.58. The summed E-state index contributed by atoms with van der Waals surface area (Å²) in [5.74, 6) is 3.65. The molecule has 0 aliphatic rings. The summed E-state index contributed by atoms with van der Waals surface area (Å²) in [7, 11) is 0. The Morgan fingerprint density at radius 1 is 0.353 bits per heavy atom. The lowest BCUT2D eigenvalue weighted by Gasteiger charge is -2.17. The third kappa shape index (κ3) is 25.0. The first-order valence-corrected chi connectivity index (χ1v) is 23.0. The molecule has 0 aliphatic carbocycles. The molecule has 0 aromatic heterocycles. The normalized spacial score (nSPS) is 12.7. The topological polar surface area (TPSA) is 9.23 Å². The third-order valence-corrected chi connectivity index (χ3v) is 11.6. The van der Waals surface area contributed by atoms with Gasteiger partial charge in [0.05, 0.1) is 0 Å². The van der Waals surface area contributed by atoms with E-state index in [1.165, 1.54) is 204 Å². The van der Waals surface area contributed by atoms with Crippen LogP contribution in [0.15, 0.2) is 48.5 Å². The van der Waals surface area contributed by atoms with Crippen LogP contribution >= 0.6 is 0 Å². The monoisotopic (exact) mass is 703 g/mol. The van der Waals surface area contributed by atoms with Gasteiger partial charge in [0.2, 0.25) is 0 Å². The van der Waals surface area contributed by atoms with Gasteiger partial charge in [0.25, 0.3) is 0 Å². The molecular formula is C50H86O. The zero-order valence-electron chi connectivity index (χ0n) is 34.8. The van der Waals surface area contributed by atoms with Crippen molar-refractivity contribution in [3.8, 4) is 11.5 Å². The third-order valence-electron chi connectivity index (χ3n) is 11.6. The zero-order chi connectivity index (χ0) is 36.5. The number of para-hydroxylation sites is 2. The number of hydrogen-bond donors (Lipinski definition) is 0. The number of hydrogen-bond acceptors (Lipinski definition) is 1. The second-order valence-corrected chi connectivity index (χ2v) is 16.7. The molecule has 0 heterocycles. The van der Waals surface area contributed by atoms with Crippen molar-refractivity contribution in [3.05, 3.63) is 59.7 Å². The van der Waals surface area contributed by atoms with Gasteiger partial charge in [0.15, 0.2) is 0 Å². The molecule has 0 fully saturated rings. The molecule has 0 spiro atoms. The summed E-state index contributed by atoms with van der Waals surface area (Å²) in [6.07, 6.45) is 44.7. The Morgan fingerprint density at radius 2 is 0.627 bits per heavy atom. The SMILES string of the molecule is CCCCCCCCCCCCCCCC(C)CCc1ccccc1Oc1ccccc1CCC(C)CCCCCCCCCCCCCCC. The highest BCUT2D eigenvalue weighted by atomic mass is 16.5. The van der Waals surface area contributed by atoms with Crippen molar-refractivity contribution < 1.29 is 4.74 Å². The van der Waals surface area contributed by atoms with Crippen LogP contribution in [0.4, 0.5) is 0 Å². The van der Waals surface area contributed by atoms with Crippen LogP contribution in [0.3, 0.4) is 0 Å². The van der Waals surface area contributed by atoms with Gasteiger partial charge < -0.3 is 4.74 Å². The van der Waals surface area contributed by atoms with Crippen LogP contribution < -0.4 is 4.74 Å². The molecule has 0 amide bonds. The molecule has 0 radical (unpaired) electrons. The van der Waals surface area contributed by atoms with E-state index in [1.807, 2.05) is 0 Å². The van der Waals surface area contributed by atoms with Gasteiger partial charge in [-0.2, -0.15) is 0 Å². The molecule has 1 nitrogen and oxygen atoms in total. The van der Waals surface area contributed by atoms with Crippen LogP contribution in [0.25, 0.3) is 0 Å². The van der Waals surface area contributed by atoms with Gasteiger partial charge in [-0.25, -0.2) is 0 Å². The standard InChI is InChI=1S/C50H86O/c1-5-7-9-11-13-15-17-19-21-23-25-27-29-35-45(3)41-43-47-37-31-33-39-49(47)51-50-40-34-32-38-48(50)44-42-46(4)36-30-28-26-24-22-20-18-16-14-12-10-8-6-2/h31-34,37-40,45-46H,5-30,35-36,41-44H2,1-4H3. The molecule has 2 atom stereocenters. The molecule has 2 unspecified atom stereocenters. The lowest BCUT2D eigenvalue weighted by Crippen LogP contribution is -2.01. The Labute approximate surface area is 319 Å². The first kappa shape index (κ1) is 45.4. The van der Waals surface area contributed by atoms with Gasteiger partial charge in [0.1, 0.15) is 11.5 Å². The number of benzene rings is 2. The minimum Gasteiger partial charge on any atom is -0.457 e. The largest absolute Gasteiger partial charge is 0.457 e. The van der Waals surface area contributed by atoms with E-state index in [1.54, 1.807) is 0 Å². The summed E-state index contributed by atoms with van der Waals surface area (Å²) in [6, 6.07) is 17.6. The van der Waals surface area contributed by atoms with Crippen molar-refractivity contribution in [3.63, 3.8) is 0 Å². The quantitative estimate of drug-likeness (QED) is 0.0642. The van der Waals surface area contributed by atoms with Crippen LogP contribution in [0.2, 0.25) is 0 Å². The van der Waals surface area contributed by atoms with E-state index in [0.717, 1.165) is 36.2 Å². The van der Waals surface area contributed by atoms with Crippen LogP contribution in [0.5, 0.6) is 11.5 Å². The molecule has 0 saturated heterocycles. The minimum absolute atomic E-state index is 0.773. The maximum atomic E-state index is 6.67. The lowest BCUT2D eigenvalue weighted by molar-refractivity contribution is 0.435. The summed E-state index contributed by atoms with van der Waals surface area (Å²) in [6.45, 7) is 9.52. The van der Waals surface area contributed by atoms with Crippen LogP contribution in [0, 0.1) is 11.8 Å². The summed E-state index contributed by atoms with van der Waals surface area (Å²) >= 11 is 0. The molecule has 0 saturated carbocycles. The van der Waals surface area contributed by atoms with Gasteiger partial charge >= 0.3 is 0 Å². The van der Waals surface area contributed by atoms with Gasteiger partial charge in [-0.1, -0.05) is 244 Å². The average Bonchev–Trinajstić information content (AvgIpc) is 3.14. The summed E-state index contributed by atoms with van der Waals surface area (Å²) in [4.78, 5) is 0. The number of ether oxygens (including phenoxy) is 1. The summed E-state index contributed by atoms with van der Waals surface area (Å²) < 4.78 is 6.67. The molecule has 2 rings (SSSR count). The molecule has 0 bridgehead atoms. The highest BCUT2D eigenvalue weighted by molar-refractivity contribution is 5.41. The van der Waals surface area contributed by atoms with Crippen LogP contribution in [-0.2, 0) is 12.8 Å². The molecule has 2 aromatic rings. The average molecular weight is 703 g/mol. The smallest absolute Gasteiger partial charge is 0.130 e. The molecule has 2 aromatic carbocycles. The van der Waals surface area contributed by atoms with E-state index < -0.39 is 0 Å². The Kier molecular flexibility index (Phi) is 29.2. The molecule has 0 N–H and O–H groups in total. The number of rotatable bonds is 36. The molecular weight excluding hydrogens is 617 g/mol. The first-order chi connectivity index (χ1) is 25.1. The van der Waals surface area contributed by atoms with E-state index in [2.05, 4.69) is 76.2 Å². The fourth-order valence-electron chi connectivity index (χ4n) is 7.85. The highest BCUT2D eigenvalue weighted by Gasteiger charge is 2.12. The summed E-state index contributed by atoms with van der Waals surface area (Å²) in [5, 5.41) is 0. The maximum Gasteiger partial charge on any atom is 0.130 e. The van der Waals surface area contributed by atoms with Crippen LogP contribution in [-0.4, -0.2) is 0 Å². The summed E-state index contributed by atoms with van der Waals surface area (Å²) in [5.41, 5.74) is 2.72. The predicted molar refractivity (Wildman–Crippen MR) is 229 cm³/mol. The first-order valence-electron chi connectivity index (χ1n) is 23.0. The van der Waals surface area contributed by atoms with E-state index >= 15 is 0 Å². The maximum absolute atomic E-state index is 6.67. The van der Waals surface area contributed by atoms with Gasteiger partial charge in [-0.15, -0.1) is 0 Å². The van der Waals surface area contributed by atoms with E-state index in [-0.39, 0.29) is 0 Å². The number of aryl methyl sites for hydroxylation is 2. The lowest BCUT2D eigenvalue weighted by atomic mass is 9.94. The van der Waals surface area contributed by atoms with Crippen molar-refractivity contribution in [1.82, 2.24) is 0 Å². The minimum atomic E-state index is 0.773. The molecule has 1 heteroatoms. The molecule has 51 heavy (non-hydrogen) atoms. The van der Waals surface area contributed by atoms with E-state index in [9.17, 15) is 0 Å². The van der Waals surface area contributed by atoms with Crippen molar-refractivity contribution in [2.24, 2.45) is 11.8 Å². The van der Waals surface area contributed by atoms with Crippen molar-refractivity contribution in [2.75, 3.05) is 0 Å².